The molecule has 0 saturated heterocycles. The van der Waals surface area contributed by atoms with Gasteiger partial charge in [-0.2, -0.15) is 0 Å². The standard InChI is InChI=1S/2C4H9.C3H6O2.Ca/c2*1-4(2)3;1-2-3(4)5;/h2*4H,1H2,2-3H3;2H2,1H3,(H,4,5);. The van der Waals surface area contributed by atoms with Crippen LogP contribution in [-0.2, 0) is 4.79 Å². The van der Waals surface area contributed by atoms with E-state index in [9.17, 15) is 4.79 Å². The summed E-state index contributed by atoms with van der Waals surface area (Å²) in [5.41, 5.74) is 0. The Labute approximate surface area is 107 Å². The molecule has 0 amide bonds. The Morgan fingerprint density at radius 3 is 1.57 bits per heavy atom. The van der Waals surface area contributed by atoms with E-state index in [2.05, 4.69) is 27.7 Å². The fourth-order valence-electron chi connectivity index (χ4n) is 0.934. The molecule has 0 rings (SSSR count). The van der Waals surface area contributed by atoms with Crippen LogP contribution >= 0.6 is 0 Å². The van der Waals surface area contributed by atoms with Crippen molar-refractivity contribution in [1.82, 2.24) is 0 Å². The van der Waals surface area contributed by atoms with Crippen molar-refractivity contribution in [2.24, 2.45) is 11.8 Å². The molecule has 0 unspecified atom stereocenters. The molecule has 0 fully saturated rings. The molecule has 82 valence electrons. The third kappa shape index (κ3) is 23.0. The van der Waals surface area contributed by atoms with Crippen molar-refractivity contribution in [3.63, 3.8) is 0 Å². The van der Waals surface area contributed by atoms with Gasteiger partial charge in [-0.1, -0.05) is 6.92 Å². The zero-order chi connectivity index (χ0) is 11.6. The molecule has 0 aliphatic heterocycles. The Bertz CT molecular complexity index is 125. The maximum Gasteiger partial charge on any atom is 0.303 e. The van der Waals surface area contributed by atoms with Crippen LogP contribution in [0.15, 0.2) is 0 Å². The Hall–Kier alpha value is 0.730. The molecule has 0 aromatic carbocycles. The number of aliphatic carboxylic acids is 1. The molecule has 0 saturated carbocycles. The van der Waals surface area contributed by atoms with Gasteiger partial charge in [0.2, 0.25) is 0 Å². The Morgan fingerprint density at radius 1 is 1.14 bits per heavy atom. The quantitative estimate of drug-likeness (QED) is 0.733. The molecule has 14 heavy (non-hydrogen) atoms. The van der Waals surface area contributed by atoms with Gasteiger partial charge in [0, 0.05) is 6.42 Å². The molecular formula is C11H24CaO2. The first-order valence-electron chi connectivity index (χ1n) is 5.61. The molecular weight excluding hydrogens is 204 g/mol. The number of hydrogen-bond donors (Lipinski definition) is 1. The summed E-state index contributed by atoms with van der Waals surface area (Å²) in [5.74, 6) is 1.21. The van der Waals surface area contributed by atoms with Crippen LogP contribution in [0.3, 0.4) is 0 Å². The topological polar surface area (TPSA) is 37.3 Å². The van der Waals surface area contributed by atoms with Crippen molar-refractivity contribution >= 4 is 39.8 Å². The molecule has 1 N–H and O–H groups in total. The molecule has 0 atom stereocenters. The summed E-state index contributed by atoms with van der Waals surface area (Å²) in [6.07, 6.45) is 0.222. The maximum atomic E-state index is 9.37. The predicted molar refractivity (Wildman–Crippen MR) is 63.0 cm³/mol. The van der Waals surface area contributed by atoms with Gasteiger partial charge in [-0.25, -0.2) is 0 Å². The molecule has 2 nitrogen and oxygen atoms in total. The van der Waals surface area contributed by atoms with Gasteiger partial charge in [-0.05, 0) is 0 Å². The van der Waals surface area contributed by atoms with Gasteiger partial charge in [0.05, 0.1) is 0 Å². The van der Waals surface area contributed by atoms with Crippen molar-refractivity contribution in [1.29, 1.82) is 0 Å². The summed E-state index contributed by atoms with van der Waals surface area (Å²) >= 11 is -0.0671. The van der Waals surface area contributed by atoms with Gasteiger partial charge in [0.15, 0.2) is 0 Å². The van der Waals surface area contributed by atoms with E-state index in [-0.39, 0.29) is 40.3 Å². The summed E-state index contributed by atoms with van der Waals surface area (Å²) in [6.45, 7) is 11.0. The molecule has 0 spiro atoms. The van der Waals surface area contributed by atoms with Gasteiger partial charge in [-0.15, -0.1) is 0 Å². The molecule has 0 aliphatic carbocycles. The van der Waals surface area contributed by atoms with Crippen molar-refractivity contribution in [2.75, 3.05) is 0 Å². The number of carboxylic acid groups (broad SMARTS) is 1. The van der Waals surface area contributed by atoms with Crippen molar-refractivity contribution in [2.45, 2.75) is 46.1 Å². The molecule has 0 aliphatic rings. The van der Waals surface area contributed by atoms with Crippen molar-refractivity contribution in [3.8, 4) is 0 Å². The summed E-state index contributed by atoms with van der Waals surface area (Å²) in [4.78, 5) is 9.37. The summed E-state index contributed by atoms with van der Waals surface area (Å²) in [5, 5.41) is 7.72. The van der Waals surface area contributed by atoms with E-state index in [0.717, 1.165) is 11.8 Å². The van der Waals surface area contributed by atoms with E-state index in [1.165, 1.54) is 0 Å². The van der Waals surface area contributed by atoms with E-state index in [1.54, 1.807) is 12.0 Å². The van der Waals surface area contributed by atoms with Crippen LogP contribution in [0.2, 0.25) is 5.04 Å². The van der Waals surface area contributed by atoms with Crippen LogP contribution in [0.4, 0.5) is 0 Å². The number of hydrogen-bond acceptors (Lipinski definition) is 1. The minimum atomic E-state index is -0.745. The third-order valence-corrected chi connectivity index (χ3v) is 6.75. The average Bonchev–Trinajstić information content (AvgIpc) is 2.04. The van der Waals surface area contributed by atoms with Gasteiger partial charge in [0.1, 0.15) is 0 Å². The van der Waals surface area contributed by atoms with Crippen LogP contribution in [0.25, 0.3) is 0 Å². The molecule has 0 aromatic rings. The average molecular weight is 228 g/mol. The molecule has 0 bridgehead atoms. The Kier molecular flexibility index (Phi) is 14.4. The first kappa shape index (κ1) is 17.1. The van der Waals surface area contributed by atoms with Crippen LogP contribution in [0.5, 0.6) is 0 Å². The smallest absolute Gasteiger partial charge is 0.303 e. The van der Waals surface area contributed by atoms with Gasteiger partial charge in [0.25, 0.3) is 0 Å². The van der Waals surface area contributed by atoms with E-state index >= 15 is 0 Å². The normalized spacial score (nSPS) is 9.36. The second-order valence-electron chi connectivity index (χ2n) is 4.47. The monoisotopic (exact) mass is 228 g/mol. The minimum absolute atomic E-state index is 0.0671. The summed E-state index contributed by atoms with van der Waals surface area (Å²) in [7, 11) is 0. The largest absolute Gasteiger partial charge is 0.481 e. The van der Waals surface area contributed by atoms with Gasteiger partial charge >= 0.3 is 84.4 Å². The summed E-state index contributed by atoms with van der Waals surface area (Å²) in [6, 6.07) is 0. The second kappa shape index (κ2) is 11.8. The van der Waals surface area contributed by atoms with Crippen LogP contribution in [0, 0.1) is 11.8 Å². The third-order valence-electron chi connectivity index (χ3n) is 1.87. The van der Waals surface area contributed by atoms with Crippen LogP contribution in [0.1, 0.15) is 41.0 Å². The first-order chi connectivity index (χ1) is 6.40. The molecule has 3 heteroatoms. The number of carbonyl (C=O) groups is 1. The number of rotatable bonds is 5. The first-order valence-corrected chi connectivity index (χ1v) is 8.74. The minimum Gasteiger partial charge on any atom is -0.481 e. The van der Waals surface area contributed by atoms with E-state index < -0.39 is 5.97 Å². The SMILES string of the molecule is CC(C)[CH2][Ca][CH2]C(C)C.CCC(=O)O. The van der Waals surface area contributed by atoms with E-state index in [1.807, 2.05) is 0 Å². The van der Waals surface area contributed by atoms with Crippen LogP contribution in [-0.4, -0.2) is 44.9 Å². The van der Waals surface area contributed by atoms with Crippen molar-refractivity contribution in [3.05, 3.63) is 0 Å². The predicted octanol–water partition coefficient (Wildman–Crippen LogP) is 3.32. The number of carboxylic acids is 1. The Balaban J connectivity index is 0. The molecule has 0 radical (unpaired) electrons. The fraction of sp³-hybridized carbons (Fsp3) is 0.909. The van der Waals surface area contributed by atoms with Gasteiger partial charge < -0.3 is 5.11 Å². The second-order valence-corrected chi connectivity index (χ2v) is 7.37. The maximum absolute atomic E-state index is 9.37. The van der Waals surface area contributed by atoms with E-state index in [4.69, 9.17) is 5.11 Å². The van der Waals surface area contributed by atoms with Crippen molar-refractivity contribution < 1.29 is 9.90 Å². The zero-order valence-electron chi connectivity index (χ0n) is 10.3. The Morgan fingerprint density at radius 2 is 1.43 bits per heavy atom. The molecule has 0 heterocycles. The van der Waals surface area contributed by atoms with Crippen LogP contribution < -0.4 is 0 Å². The van der Waals surface area contributed by atoms with Gasteiger partial charge in [-0.3, -0.25) is 4.79 Å². The zero-order valence-corrected chi connectivity index (χ0v) is 12.5. The molecule has 0 aromatic heterocycles. The summed E-state index contributed by atoms with van der Waals surface area (Å²) < 4.78 is 3.18. The van der Waals surface area contributed by atoms with E-state index in [0.29, 0.717) is 0 Å². The fourth-order valence-corrected chi connectivity index (χ4v) is 3.85.